The van der Waals surface area contributed by atoms with Gasteiger partial charge in [0.05, 0.1) is 12.5 Å². The van der Waals surface area contributed by atoms with Gasteiger partial charge in [-0.2, -0.15) is 0 Å². The Morgan fingerprint density at radius 3 is 2.05 bits per heavy atom. The first-order valence-electron chi connectivity index (χ1n) is 13.5. The second kappa shape index (κ2) is 13.0. The number of ether oxygens (including phenoxy) is 1. The van der Waals surface area contributed by atoms with Crippen molar-refractivity contribution in [3.63, 3.8) is 0 Å². The van der Waals surface area contributed by atoms with Gasteiger partial charge in [0.25, 0.3) is 0 Å². The lowest BCUT2D eigenvalue weighted by Crippen LogP contribution is -2.48. The number of halogens is 1. The molecule has 3 aromatic carbocycles. The molecule has 0 fully saturated rings. The minimum absolute atomic E-state index is 0.0648. The lowest BCUT2D eigenvalue weighted by Gasteiger charge is -2.33. The van der Waals surface area contributed by atoms with Gasteiger partial charge in [0.1, 0.15) is 6.61 Å². The maximum Gasteiger partial charge on any atom is 0.409 e. The van der Waals surface area contributed by atoms with Crippen molar-refractivity contribution in [1.29, 1.82) is 0 Å². The number of carbonyl (C=O) groups excluding carboxylic acids is 2. The van der Waals surface area contributed by atoms with Gasteiger partial charge < -0.3 is 19.6 Å². The molecule has 7 nitrogen and oxygen atoms in total. The summed E-state index contributed by atoms with van der Waals surface area (Å²) < 4.78 is 5.89. The molecule has 0 spiro atoms. The van der Waals surface area contributed by atoms with Crippen LogP contribution in [0, 0.1) is 5.92 Å². The van der Waals surface area contributed by atoms with Crippen LogP contribution in [-0.4, -0.2) is 66.2 Å². The fourth-order valence-corrected chi connectivity index (χ4v) is 5.52. The van der Waals surface area contributed by atoms with Gasteiger partial charge in [0.15, 0.2) is 0 Å². The normalized spacial score (nSPS) is 13.6. The zero-order valence-electron chi connectivity index (χ0n) is 23.0. The predicted octanol–water partition coefficient (Wildman–Crippen LogP) is 6.09. The van der Waals surface area contributed by atoms with Gasteiger partial charge in [0, 0.05) is 37.5 Å². The molecule has 2 amide bonds. The molecule has 8 heteroatoms. The topological polar surface area (TPSA) is 87.2 Å². The van der Waals surface area contributed by atoms with Crippen LogP contribution in [0.2, 0.25) is 5.02 Å². The van der Waals surface area contributed by atoms with Gasteiger partial charge in [-0.3, -0.25) is 9.59 Å². The largest absolute Gasteiger partial charge is 0.481 e. The summed E-state index contributed by atoms with van der Waals surface area (Å²) in [7, 11) is 3.32. The van der Waals surface area contributed by atoms with Crippen molar-refractivity contribution in [1.82, 2.24) is 9.80 Å². The van der Waals surface area contributed by atoms with Crippen LogP contribution in [0.3, 0.4) is 0 Å². The molecular weight excluding hydrogens is 528 g/mol. The van der Waals surface area contributed by atoms with Gasteiger partial charge >= 0.3 is 12.1 Å². The number of hydrogen-bond acceptors (Lipinski definition) is 4. The highest BCUT2D eigenvalue weighted by atomic mass is 35.5. The smallest absolute Gasteiger partial charge is 0.409 e. The number of fused-ring (bicyclic) bond motifs is 3. The number of carboxylic acid groups (broad SMARTS) is 1. The molecule has 0 bridgehead atoms. The summed E-state index contributed by atoms with van der Waals surface area (Å²) in [6.07, 6.45) is 0.161. The Bertz CT molecular complexity index is 1310. The highest BCUT2D eigenvalue weighted by Crippen LogP contribution is 2.44. The highest BCUT2D eigenvalue weighted by Gasteiger charge is 2.32. The van der Waals surface area contributed by atoms with Crippen molar-refractivity contribution in [2.75, 3.05) is 27.2 Å². The van der Waals surface area contributed by atoms with Crippen molar-refractivity contribution >= 4 is 29.6 Å². The Kier molecular flexibility index (Phi) is 9.48. The van der Waals surface area contributed by atoms with Crippen molar-refractivity contribution in [2.45, 2.75) is 38.1 Å². The average Bonchev–Trinajstić information content (AvgIpc) is 3.28. The van der Waals surface area contributed by atoms with E-state index in [1.54, 1.807) is 33.2 Å². The fraction of sp³-hybridized carbons (Fsp3) is 0.344. The van der Waals surface area contributed by atoms with E-state index in [0.717, 1.165) is 27.8 Å². The molecule has 2 unspecified atom stereocenters. The maximum atomic E-state index is 13.4. The number of hydrogen-bond donors (Lipinski definition) is 1. The molecule has 1 N–H and O–H groups in total. The van der Waals surface area contributed by atoms with Crippen LogP contribution in [0.4, 0.5) is 4.79 Å². The van der Waals surface area contributed by atoms with Crippen LogP contribution in [0.25, 0.3) is 11.1 Å². The molecule has 210 valence electrons. The second-order valence-corrected chi connectivity index (χ2v) is 10.8. The third-order valence-electron chi connectivity index (χ3n) is 7.68. The molecule has 0 radical (unpaired) electrons. The number of carboxylic acids is 1. The average molecular weight is 563 g/mol. The first-order valence-corrected chi connectivity index (χ1v) is 13.9. The Hall–Kier alpha value is -3.84. The lowest BCUT2D eigenvalue weighted by molar-refractivity contribution is -0.144. The van der Waals surface area contributed by atoms with E-state index in [-0.39, 0.29) is 31.4 Å². The molecule has 0 saturated heterocycles. The third-order valence-corrected chi connectivity index (χ3v) is 7.93. The lowest BCUT2D eigenvalue weighted by atomic mass is 9.98. The first kappa shape index (κ1) is 29.2. The predicted molar refractivity (Wildman–Crippen MR) is 155 cm³/mol. The van der Waals surface area contributed by atoms with E-state index in [4.69, 9.17) is 16.3 Å². The van der Waals surface area contributed by atoms with Gasteiger partial charge in [-0.25, -0.2) is 4.79 Å². The molecule has 0 heterocycles. The number of nitrogens with zero attached hydrogens (tertiary/aromatic N) is 2. The summed E-state index contributed by atoms with van der Waals surface area (Å²) >= 11 is 6.07. The molecule has 0 aromatic heterocycles. The number of amides is 2. The van der Waals surface area contributed by atoms with E-state index in [0.29, 0.717) is 17.9 Å². The van der Waals surface area contributed by atoms with Crippen LogP contribution in [0.15, 0.2) is 72.8 Å². The van der Waals surface area contributed by atoms with Crippen molar-refractivity contribution in [3.8, 4) is 11.1 Å². The van der Waals surface area contributed by atoms with E-state index in [1.807, 2.05) is 36.4 Å². The van der Waals surface area contributed by atoms with E-state index in [1.165, 1.54) is 9.80 Å². The summed E-state index contributed by atoms with van der Waals surface area (Å²) in [5.41, 5.74) is 5.52. The van der Waals surface area contributed by atoms with Crippen molar-refractivity contribution < 1.29 is 24.2 Å². The van der Waals surface area contributed by atoms with Crippen LogP contribution in [-0.2, 0) is 20.7 Å². The van der Waals surface area contributed by atoms with Gasteiger partial charge in [-0.05, 0) is 52.8 Å². The van der Waals surface area contributed by atoms with Crippen molar-refractivity contribution in [3.05, 3.63) is 94.5 Å². The van der Waals surface area contributed by atoms with Crippen LogP contribution in [0.5, 0.6) is 0 Å². The third kappa shape index (κ3) is 6.65. The van der Waals surface area contributed by atoms with Gasteiger partial charge in [-0.15, -0.1) is 0 Å². The fourth-order valence-electron chi connectivity index (χ4n) is 5.40. The minimum atomic E-state index is -1.01. The number of carbonyl (C=O) groups is 3. The summed E-state index contributed by atoms with van der Waals surface area (Å²) in [5, 5.41) is 9.83. The molecule has 0 saturated carbocycles. The van der Waals surface area contributed by atoms with E-state index >= 15 is 0 Å². The zero-order valence-corrected chi connectivity index (χ0v) is 23.8. The van der Waals surface area contributed by atoms with Crippen LogP contribution in [0.1, 0.15) is 42.4 Å². The molecular formula is C32H35ClN2O5. The maximum absolute atomic E-state index is 13.4. The first-order chi connectivity index (χ1) is 19.2. The second-order valence-electron chi connectivity index (χ2n) is 10.3. The molecule has 0 aliphatic heterocycles. The summed E-state index contributed by atoms with van der Waals surface area (Å²) in [6.45, 7) is 2.21. The Morgan fingerprint density at radius 2 is 1.50 bits per heavy atom. The highest BCUT2D eigenvalue weighted by molar-refractivity contribution is 6.30. The quantitative estimate of drug-likeness (QED) is 0.305. The number of benzene rings is 3. The Morgan fingerprint density at radius 1 is 0.925 bits per heavy atom. The Balaban J connectivity index is 1.50. The SMILES string of the molecule is CCC(CC(=O)O)C(=O)N(C)CC(Cc1ccc(Cl)cc1)N(C)C(=O)OCC1c2ccccc2-c2ccccc21. The number of aliphatic carboxylic acids is 1. The molecule has 1 aliphatic rings. The van der Waals surface area contributed by atoms with E-state index in [2.05, 4.69) is 24.3 Å². The Labute approximate surface area is 240 Å². The number of likely N-dealkylation sites (N-methyl/N-ethyl adjacent to an activating group) is 2. The van der Waals surface area contributed by atoms with Crippen molar-refractivity contribution in [2.24, 2.45) is 5.92 Å². The standard InChI is InChI=1S/C32H35ClN2O5/c1-4-22(18-30(36)37)31(38)34(2)19-24(17-21-13-15-23(33)16-14-21)35(3)32(39)40-20-29-27-11-7-5-9-25(27)26-10-6-8-12-28(26)29/h5-16,22,24,29H,4,17-20H2,1-3H3,(H,36,37). The van der Waals surface area contributed by atoms with Crippen LogP contribution < -0.4 is 0 Å². The molecule has 2 atom stereocenters. The molecule has 3 aromatic rings. The number of rotatable bonds is 11. The van der Waals surface area contributed by atoms with E-state index in [9.17, 15) is 19.5 Å². The van der Waals surface area contributed by atoms with E-state index < -0.39 is 24.0 Å². The summed E-state index contributed by atoms with van der Waals surface area (Å²) in [4.78, 5) is 40.8. The molecule has 40 heavy (non-hydrogen) atoms. The summed E-state index contributed by atoms with van der Waals surface area (Å²) in [5.74, 6) is -1.96. The molecule has 4 rings (SSSR count). The van der Waals surface area contributed by atoms with Crippen LogP contribution >= 0.6 is 11.6 Å². The summed E-state index contributed by atoms with van der Waals surface area (Å²) in [6, 6.07) is 23.3. The van der Waals surface area contributed by atoms with Gasteiger partial charge in [0.2, 0.25) is 5.91 Å². The van der Waals surface area contributed by atoms with Gasteiger partial charge in [-0.1, -0.05) is 79.2 Å². The monoisotopic (exact) mass is 562 g/mol. The minimum Gasteiger partial charge on any atom is -0.481 e. The zero-order chi connectivity index (χ0) is 28.8. The molecule has 1 aliphatic carbocycles.